The molecular weight excluding hydrogens is 316 g/mol. The summed E-state index contributed by atoms with van der Waals surface area (Å²) in [5.74, 6) is -0.871. The first-order chi connectivity index (χ1) is 12.0. The van der Waals surface area contributed by atoms with E-state index >= 15 is 0 Å². The molecule has 2 amide bonds. The van der Waals surface area contributed by atoms with E-state index in [-0.39, 0.29) is 18.9 Å². The number of carbonyl (C=O) groups excluding carboxylic acids is 2. The van der Waals surface area contributed by atoms with Gasteiger partial charge in [-0.2, -0.15) is 0 Å². The number of hydrogen-bond acceptors (Lipinski definition) is 3. The van der Waals surface area contributed by atoms with Crippen LogP contribution in [0.15, 0.2) is 54.6 Å². The first-order valence-electron chi connectivity index (χ1n) is 8.42. The number of rotatable bonds is 4. The molecule has 1 aliphatic rings. The fourth-order valence-electron chi connectivity index (χ4n) is 3.18. The maximum absolute atomic E-state index is 12.5. The minimum absolute atomic E-state index is 0.0245. The lowest BCUT2D eigenvalue weighted by Crippen LogP contribution is -2.57. The quantitative estimate of drug-likeness (QED) is 0.890. The van der Waals surface area contributed by atoms with Gasteiger partial charge in [0, 0.05) is 6.54 Å². The third kappa shape index (κ3) is 3.88. The maximum atomic E-state index is 12.5. The Morgan fingerprint density at radius 2 is 1.68 bits per heavy atom. The Hall–Kier alpha value is -2.66. The molecule has 5 heteroatoms. The summed E-state index contributed by atoms with van der Waals surface area (Å²) in [7, 11) is 0. The largest absolute Gasteiger partial charge is 0.378 e. The summed E-state index contributed by atoms with van der Waals surface area (Å²) in [4.78, 5) is 25.4. The van der Waals surface area contributed by atoms with Crippen molar-refractivity contribution < 1.29 is 14.7 Å². The topological polar surface area (TPSA) is 83.6 Å². The monoisotopic (exact) mass is 338 g/mol. The molecule has 0 unspecified atom stereocenters. The number of nitrogens with zero attached hydrogens (tertiary/aromatic N) is 1. The second-order valence-electron chi connectivity index (χ2n) is 6.55. The minimum Gasteiger partial charge on any atom is -0.378 e. The molecule has 130 valence electrons. The lowest BCUT2D eigenvalue weighted by molar-refractivity contribution is -0.148. The number of amides is 2. The molecule has 0 aromatic heterocycles. The zero-order valence-corrected chi connectivity index (χ0v) is 14.0. The van der Waals surface area contributed by atoms with Gasteiger partial charge in [0.1, 0.15) is 0 Å². The van der Waals surface area contributed by atoms with Crippen molar-refractivity contribution in [1.29, 1.82) is 0 Å². The molecular formula is C20H22N2O3. The highest BCUT2D eigenvalue weighted by atomic mass is 16.3. The van der Waals surface area contributed by atoms with Gasteiger partial charge >= 0.3 is 0 Å². The van der Waals surface area contributed by atoms with Gasteiger partial charge in [0.25, 0.3) is 5.91 Å². The Balaban J connectivity index is 1.66. The van der Waals surface area contributed by atoms with Crippen molar-refractivity contribution in [2.24, 2.45) is 5.73 Å². The molecule has 1 aliphatic heterocycles. The van der Waals surface area contributed by atoms with Crippen LogP contribution in [-0.2, 0) is 16.0 Å². The number of primary amides is 1. The van der Waals surface area contributed by atoms with E-state index in [2.05, 4.69) is 0 Å². The fourth-order valence-corrected chi connectivity index (χ4v) is 3.18. The summed E-state index contributed by atoms with van der Waals surface area (Å²) >= 11 is 0. The molecule has 2 aromatic rings. The van der Waals surface area contributed by atoms with Crippen molar-refractivity contribution in [1.82, 2.24) is 4.90 Å². The van der Waals surface area contributed by atoms with Crippen LogP contribution in [0.1, 0.15) is 18.4 Å². The third-order valence-electron chi connectivity index (χ3n) is 4.70. The van der Waals surface area contributed by atoms with E-state index in [9.17, 15) is 14.7 Å². The Labute approximate surface area is 147 Å². The lowest BCUT2D eigenvalue weighted by atomic mass is 9.92. The van der Waals surface area contributed by atoms with Gasteiger partial charge in [-0.3, -0.25) is 9.59 Å². The molecule has 5 nitrogen and oxygen atoms in total. The molecule has 0 bridgehead atoms. The first kappa shape index (κ1) is 17.2. The standard InChI is InChI=1S/C20H22N2O3/c21-19(24)20(25)11-4-12-22(14-20)18(23)13-15-7-9-17(10-8-15)16-5-2-1-3-6-16/h1-3,5-10,25H,4,11-14H2,(H2,21,24)/t20-/m0/s1. The summed E-state index contributed by atoms with van der Waals surface area (Å²) in [6.07, 6.45) is 1.11. The average molecular weight is 338 g/mol. The number of β-amino-alcohol motifs (C(OH)–C–C–N with tert-alkyl or cyclic N) is 1. The Bertz CT molecular complexity index is 758. The fraction of sp³-hybridized carbons (Fsp3) is 0.300. The van der Waals surface area contributed by atoms with Gasteiger partial charge in [-0.05, 0) is 29.5 Å². The van der Waals surface area contributed by atoms with Gasteiger partial charge < -0.3 is 15.7 Å². The number of hydrogen-bond donors (Lipinski definition) is 2. The number of benzene rings is 2. The Morgan fingerprint density at radius 3 is 2.32 bits per heavy atom. The van der Waals surface area contributed by atoms with Gasteiger partial charge in [-0.15, -0.1) is 0 Å². The summed E-state index contributed by atoms with van der Waals surface area (Å²) < 4.78 is 0. The molecule has 1 saturated heterocycles. The van der Waals surface area contributed by atoms with Crippen LogP contribution in [0.25, 0.3) is 11.1 Å². The second kappa shape index (κ2) is 7.07. The highest BCUT2D eigenvalue weighted by molar-refractivity contribution is 5.85. The van der Waals surface area contributed by atoms with Gasteiger partial charge in [-0.25, -0.2) is 0 Å². The molecule has 0 aliphatic carbocycles. The van der Waals surface area contributed by atoms with E-state index in [0.717, 1.165) is 16.7 Å². The highest BCUT2D eigenvalue weighted by Gasteiger charge is 2.40. The smallest absolute Gasteiger partial charge is 0.251 e. The molecule has 0 spiro atoms. The molecule has 25 heavy (non-hydrogen) atoms. The number of nitrogens with two attached hydrogens (primary N) is 1. The van der Waals surface area contributed by atoms with Crippen LogP contribution < -0.4 is 5.73 Å². The van der Waals surface area contributed by atoms with E-state index in [1.54, 1.807) is 0 Å². The van der Waals surface area contributed by atoms with Crippen LogP contribution in [0.2, 0.25) is 0 Å². The van der Waals surface area contributed by atoms with Crippen molar-refractivity contribution in [3.8, 4) is 11.1 Å². The molecule has 1 heterocycles. The van der Waals surface area contributed by atoms with Crippen molar-refractivity contribution >= 4 is 11.8 Å². The second-order valence-corrected chi connectivity index (χ2v) is 6.55. The van der Waals surface area contributed by atoms with E-state index in [0.29, 0.717) is 19.4 Å². The predicted molar refractivity (Wildman–Crippen MR) is 95.5 cm³/mol. The molecule has 3 N–H and O–H groups in total. The van der Waals surface area contributed by atoms with Crippen molar-refractivity contribution in [3.05, 3.63) is 60.2 Å². The number of piperidine rings is 1. The summed E-state index contributed by atoms with van der Waals surface area (Å²) in [5.41, 5.74) is 6.78. The molecule has 3 rings (SSSR count). The number of aliphatic hydroxyl groups is 1. The van der Waals surface area contributed by atoms with Crippen LogP contribution in [0.4, 0.5) is 0 Å². The average Bonchev–Trinajstić information content (AvgIpc) is 2.63. The molecule has 2 aromatic carbocycles. The third-order valence-corrected chi connectivity index (χ3v) is 4.70. The molecule has 0 saturated carbocycles. The number of carbonyl (C=O) groups is 2. The molecule has 1 fully saturated rings. The van der Waals surface area contributed by atoms with Crippen molar-refractivity contribution in [2.45, 2.75) is 24.9 Å². The minimum atomic E-state index is -1.61. The van der Waals surface area contributed by atoms with Crippen LogP contribution in [0, 0.1) is 0 Å². The molecule has 1 atom stereocenters. The van der Waals surface area contributed by atoms with Gasteiger partial charge in [0.2, 0.25) is 5.91 Å². The summed E-state index contributed by atoms with van der Waals surface area (Å²) in [6.45, 7) is 0.514. The zero-order chi connectivity index (χ0) is 17.9. The Morgan fingerprint density at radius 1 is 1.04 bits per heavy atom. The van der Waals surface area contributed by atoms with Crippen LogP contribution in [0.5, 0.6) is 0 Å². The highest BCUT2D eigenvalue weighted by Crippen LogP contribution is 2.23. The SMILES string of the molecule is NC(=O)[C@]1(O)CCCN(C(=O)Cc2ccc(-c3ccccc3)cc2)C1. The summed E-state index contributed by atoms with van der Waals surface area (Å²) in [6, 6.07) is 17.9. The van der Waals surface area contributed by atoms with Crippen LogP contribution in [0.3, 0.4) is 0 Å². The molecule has 0 radical (unpaired) electrons. The number of likely N-dealkylation sites (tertiary alicyclic amines) is 1. The maximum Gasteiger partial charge on any atom is 0.251 e. The van der Waals surface area contributed by atoms with Crippen LogP contribution >= 0.6 is 0 Å². The lowest BCUT2D eigenvalue weighted by Gasteiger charge is -2.37. The van der Waals surface area contributed by atoms with E-state index in [1.807, 2.05) is 54.6 Å². The zero-order valence-electron chi connectivity index (χ0n) is 14.0. The van der Waals surface area contributed by atoms with Gasteiger partial charge in [-0.1, -0.05) is 54.6 Å². The van der Waals surface area contributed by atoms with E-state index in [1.165, 1.54) is 4.90 Å². The van der Waals surface area contributed by atoms with Crippen LogP contribution in [-0.4, -0.2) is 40.5 Å². The first-order valence-corrected chi connectivity index (χ1v) is 8.42. The van der Waals surface area contributed by atoms with Crippen molar-refractivity contribution in [2.75, 3.05) is 13.1 Å². The van der Waals surface area contributed by atoms with Crippen molar-refractivity contribution in [3.63, 3.8) is 0 Å². The normalized spacial score (nSPS) is 20.3. The van der Waals surface area contributed by atoms with E-state index in [4.69, 9.17) is 5.73 Å². The van der Waals surface area contributed by atoms with Gasteiger partial charge in [0.15, 0.2) is 5.60 Å². The van der Waals surface area contributed by atoms with E-state index < -0.39 is 11.5 Å². The predicted octanol–water partition coefficient (Wildman–Crippen LogP) is 1.73. The summed E-state index contributed by atoms with van der Waals surface area (Å²) in [5, 5.41) is 10.2. The Kier molecular flexibility index (Phi) is 4.86. The van der Waals surface area contributed by atoms with Gasteiger partial charge in [0.05, 0.1) is 13.0 Å².